The second-order valence-electron chi connectivity index (χ2n) is 6.47. The number of nitro benzene ring substituents is 1. The molecule has 0 aliphatic heterocycles. The molecule has 1 heterocycles. The predicted octanol–water partition coefficient (Wildman–Crippen LogP) is 3.65. The van der Waals surface area contributed by atoms with Gasteiger partial charge in [0.15, 0.2) is 5.82 Å². The van der Waals surface area contributed by atoms with Crippen molar-refractivity contribution >= 4 is 23.0 Å². The van der Waals surface area contributed by atoms with Crippen molar-refractivity contribution < 1.29 is 31.7 Å². The quantitative estimate of drug-likeness (QED) is 0.298. The summed E-state index contributed by atoms with van der Waals surface area (Å²) in [5.41, 5.74) is -1.03. The number of anilines is 2. The lowest BCUT2D eigenvalue weighted by Crippen LogP contribution is -2.47. The Bertz CT molecular complexity index is 979. The first-order valence-electron chi connectivity index (χ1n) is 9.58. The number of aryl methyl sites for hydroxylation is 1. The van der Waals surface area contributed by atoms with Crippen LogP contribution in [0.25, 0.3) is 0 Å². The molecule has 0 saturated carbocycles. The van der Waals surface area contributed by atoms with E-state index in [9.17, 15) is 36.9 Å². The van der Waals surface area contributed by atoms with Gasteiger partial charge in [-0.1, -0.05) is 13.8 Å². The first-order chi connectivity index (χ1) is 15.3. The lowest BCUT2D eigenvalue weighted by Gasteiger charge is -2.23. The predicted molar refractivity (Wildman–Crippen MR) is 111 cm³/mol. The van der Waals surface area contributed by atoms with Gasteiger partial charge in [-0.05, 0) is 13.0 Å². The Morgan fingerprint density at radius 2 is 1.85 bits per heavy atom. The number of benzene rings is 1. The third-order valence-corrected chi connectivity index (χ3v) is 4.14. The summed E-state index contributed by atoms with van der Waals surface area (Å²) < 4.78 is 63.5. The van der Waals surface area contributed by atoms with E-state index in [1.807, 2.05) is 13.8 Å². The molecular formula is C18H24F5N7O3. The van der Waals surface area contributed by atoms with Gasteiger partial charge in [0, 0.05) is 20.2 Å². The van der Waals surface area contributed by atoms with Gasteiger partial charge in [-0.2, -0.15) is 27.1 Å². The van der Waals surface area contributed by atoms with Gasteiger partial charge in [0.1, 0.15) is 11.5 Å². The fourth-order valence-corrected chi connectivity index (χ4v) is 2.57. The number of nitrogens with one attached hydrogen (secondary N) is 3. The number of carbonyl (C=O) groups is 1. The highest BCUT2D eigenvalue weighted by Crippen LogP contribution is 2.36. The smallest absolute Gasteiger partial charge is 0.383 e. The van der Waals surface area contributed by atoms with Gasteiger partial charge < -0.3 is 15.5 Å². The van der Waals surface area contributed by atoms with Gasteiger partial charge in [0.05, 0.1) is 29.3 Å². The highest BCUT2D eigenvalue weighted by Gasteiger charge is 2.57. The summed E-state index contributed by atoms with van der Waals surface area (Å²) >= 11 is 0. The number of nitro groups is 1. The van der Waals surface area contributed by atoms with Crippen molar-refractivity contribution in [3.8, 4) is 0 Å². The highest BCUT2D eigenvalue weighted by molar-refractivity contribution is 6.01. The summed E-state index contributed by atoms with van der Waals surface area (Å²) in [4.78, 5) is 28.4. The van der Waals surface area contributed by atoms with E-state index in [0.717, 1.165) is 6.07 Å². The molecule has 10 nitrogen and oxygen atoms in total. The van der Waals surface area contributed by atoms with Gasteiger partial charge >= 0.3 is 12.1 Å². The van der Waals surface area contributed by atoms with Crippen LogP contribution in [-0.2, 0) is 6.54 Å². The molecule has 0 unspecified atom stereocenters. The van der Waals surface area contributed by atoms with Crippen LogP contribution in [0.15, 0.2) is 12.1 Å². The Kier molecular flexibility index (Phi) is 9.06. The summed E-state index contributed by atoms with van der Waals surface area (Å²) in [6.07, 6.45) is -5.87. The van der Waals surface area contributed by atoms with Crippen molar-refractivity contribution in [2.75, 3.05) is 30.9 Å². The number of alkyl halides is 5. The van der Waals surface area contributed by atoms with E-state index in [-0.39, 0.29) is 17.9 Å². The van der Waals surface area contributed by atoms with Crippen LogP contribution in [0.4, 0.5) is 39.0 Å². The SMILES string of the molecule is CC.CNc1cc(N(C)Cc2n[nH]c(C)n2)c(C(=O)NCC(F)(F)C(F)(F)F)cc1[N+](=O)[O-]. The maximum atomic E-state index is 13.2. The van der Waals surface area contributed by atoms with Crippen molar-refractivity contribution in [3.63, 3.8) is 0 Å². The van der Waals surface area contributed by atoms with Crippen molar-refractivity contribution in [2.24, 2.45) is 0 Å². The molecule has 3 N–H and O–H groups in total. The van der Waals surface area contributed by atoms with E-state index < -0.39 is 40.7 Å². The minimum absolute atomic E-state index is 0.00426. The zero-order valence-corrected chi connectivity index (χ0v) is 18.5. The monoisotopic (exact) mass is 481 g/mol. The largest absolute Gasteiger partial charge is 0.455 e. The van der Waals surface area contributed by atoms with E-state index in [1.54, 1.807) is 6.92 Å². The van der Waals surface area contributed by atoms with E-state index in [1.165, 1.54) is 30.4 Å². The van der Waals surface area contributed by atoms with Gasteiger partial charge in [-0.15, -0.1) is 0 Å². The summed E-state index contributed by atoms with van der Waals surface area (Å²) in [6, 6.07) is 2.00. The number of nitrogens with zero attached hydrogens (tertiary/aromatic N) is 4. The van der Waals surface area contributed by atoms with Crippen LogP contribution in [0.2, 0.25) is 0 Å². The Labute approximate surface area is 185 Å². The van der Waals surface area contributed by atoms with Crippen LogP contribution >= 0.6 is 0 Å². The van der Waals surface area contributed by atoms with Gasteiger partial charge in [0.25, 0.3) is 11.6 Å². The maximum absolute atomic E-state index is 13.2. The number of rotatable bonds is 8. The summed E-state index contributed by atoms with van der Waals surface area (Å²) in [7, 11) is 2.85. The molecule has 0 atom stereocenters. The number of carbonyl (C=O) groups excluding carboxylic acids is 1. The van der Waals surface area contributed by atoms with Crippen LogP contribution < -0.4 is 15.5 Å². The standard InChI is InChI=1S/C16H18F5N7O3.C2H6/c1-8-24-13(26-25-8)6-27(3)11-5-10(22-2)12(28(30)31)4-9(11)14(29)23-7-15(17,18)16(19,20)21;1-2/h4-5,22H,6-7H2,1-3H3,(H,23,29)(H,24,25,26);1-2H3. The minimum atomic E-state index is -5.87. The average molecular weight is 481 g/mol. The van der Waals surface area contributed by atoms with Crippen molar-refractivity contribution in [3.05, 3.63) is 39.5 Å². The lowest BCUT2D eigenvalue weighted by molar-refractivity contribution is -0.383. The Morgan fingerprint density at radius 3 is 2.30 bits per heavy atom. The minimum Gasteiger partial charge on any atom is -0.383 e. The maximum Gasteiger partial charge on any atom is 0.455 e. The molecule has 1 amide bonds. The highest BCUT2D eigenvalue weighted by atomic mass is 19.4. The van der Waals surface area contributed by atoms with Crippen LogP contribution in [0.1, 0.15) is 35.9 Å². The average Bonchev–Trinajstić information content (AvgIpc) is 3.15. The summed E-state index contributed by atoms with van der Waals surface area (Å²) in [6.45, 7) is 3.62. The fourth-order valence-electron chi connectivity index (χ4n) is 2.57. The first kappa shape index (κ1) is 27.5. The van der Waals surface area contributed by atoms with E-state index in [4.69, 9.17) is 0 Å². The van der Waals surface area contributed by atoms with Crippen LogP contribution in [0.5, 0.6) is 0 Å². The second kappa shape index (κ2) is 10.9. The Hall–Kier alpha value is -3.52. The molecule has 1 aromatic heterocycles. The lowest BCUT2D eigenvalue weighted by atomic mass is 10.1. The molecule has 0 spiro atoms. The molecular weight excluding hydrogens is 457 g/mol. The van der Waals surface area contributed by atoms with Gasteiger partial charge in [0.2, 0.25) is 0 Å². The van der Waals surface area contributed by atoms with Crippen LogP contribution in [-0.4, -0.2) is 58.8 Å². The molecule has 1 aromatic carbocycles. The summed E-state index contributed by atoms with van der Waals surface area (Å²) in [5, 5.41) is 21.9. The molecule has 0 bridgehead atoms. The second-order valence-corrected chi connectivity index (χ2v) is 6.47. The van der Waals surface area contributed by atoms with E-state index >= 15 is 0 Å². The molecule has 0 fully saturated rings. The molecule has 33 heavy (non-hydrogen) atoms. The number of hydrogen-bond donors (Lipinski definition) is 3. The Morgan fingerprint density at radius 1 is 1.24 bits per heavy atom. The topological polar surface area (TPSA) is 129 Å². The molecule has 15 heteroatoms. The molecule has 2 rings (SSSR count). The number of H-pyrrole nitrogens is 1. The zero-order chi connectivity index (χ0) is 25.6. The van der Waals surface area contributed by atoms with E-state index in [0.29, 0.717) is 11.6 Å². The van der Waals surface area contributed by atoms with Crippen LogP contribution in [0.3, 0.4) is 0 Å². The molecule has 0 aliphatic carbocycles. The van der Waals surface area contributed by atoms with E-state index in [2.05, 4.69) is 20.5 Å². The van der Waals surface area contributed by atoms with Crippen molar-refractivity contribution in [2.45, 2.75) is 39.4 Å². The fraction of sp³-hybridized carbons (Fsp3) is 0.500. The number of halogens is 5. The zero-order valence-electron chi connectivity index (χ0n) is 18.5. The normalized spacial score (nSPS) is 11.3. The molecule has 184 valence electrons. The first-order valence-corrected chi connectivity index (χ1v) is 9.58. The summed E-state index contributed by atoms with van der Waals surface area (Å²) in [5.74, 6) is -5.74. The number of hydrogen-bond acceptors (Lipinski definition) is 7. The van der Waals surface area contributed by atoms with Crippen molar-refractivity contribution in [1.82, 2.24) is 20.5 Å². The van der Waals surface area contributed by atoms with Crippen LogP contribution in [0, 0.1) is 17.0 Å². The third-order valence-electron chi connectivity index (χ3n) is 4.14. The third kappa shape index (κ3) is 6.73. The molecule has 2 aromatic rings. The van der Waals surface area contributed by atoms with Gasteiger partial charge in [-0.25, -0.2) is 4.98 Å². The number of aromatic nitrogens is 3. The number of amides is 1. The molecule has 0 radical (unpaired) electrons. The molecule has 0 aliphatic rings. The van der Waals surface area contributed by atoms with Gasteiger partial charge in [-0.3, -0.25) is 20.0 Å². The Balaban J connectivity index is 0.00000265. The number of aromatic amines is 1. The molecule has 0 saturated heterocycles. The van der Waals surface area contributed by atoms with Crippen molar-refractivity contribution in [1.29, 1.82) is 0 Å².